The molecular weight excluding hydrogens is 200 g/mol. The molecule has 0 spiro atoms. The predicted molar refractivity (Wildman–Crippen MR) is 65.4 cm³/mol. The fourth-order valence-electron chi connectivity index (χ4n) is 3.22. The van der Waals surface area contributed by atoms with Gasteiger partial charge in [-0.05, 0) is 44.9 Å². The number of hydrogen-bond donors (Lipinski definition) is 0. The number of hydrogen-bond acceptors (Lipinski definition) is 2. The van der Waals surface area contributed by atoms with E-state index in [0.29, 0.717) is 36.1 Å². The quantitative estimate of drug-likeness (QED) is 0.683. The highest BCUT2D eigenvalue weighted by molar-refractivity contribution is 4.87. The first-order valence-corrected chi connectivity index (χ1v) is 6.85. The van der Waals surface area contributed by atoms with Crippen LogP contribution in [0.2, 0.25) is 0 Å². The molecule has 0 aliphatic carbocycles. The van der Waals surface area contributed by atoms with Crippen LogP contribution in [-0.4, -0.2) is 24.9 Å². The van der Waals surface area contributed by atoms with Gasteiger partial charge >= 0.3 is 0 Å². The smallest absolute Gasteiger partial charge is 0.0657 e. The minimum atomic E-state index is 0.369. The Kier molecular flexibility index (Phi) is 3.91. The third kappa shape index (κ3) is 2.60. The van der Waals surface area contributed by atoms with Gasteiger partial charge in [-0.25, -0.2) is 0 Å². The third-order valence-corrected chi connectivity index (χ3v) is 4.32. The van der Waals surface area contributed by atoms with Gasteiger partial charge in [0.1, 0.15) is 0 Å². The van der Waals surface area contributed by atoms with Crippen LogP contribution in [0.1, 0.15) is 47.0 Å². The standard InChI is InChI=1S/C14H26O2/c1-9-7-13(12(4)15-8-9)14-10(2)5-6-11(3)16-14/h9-14H,5-8H2,1-4H3. The van der Waals surface area contributed by atoms with Crippen molar-refractivity contribution in [2.75, 3.05) is 6.61 Å². The van der Waals surface area contributed by atoms with E-state index in [9.17, 15) is 0 Å². The Morgan fingerprint density at radius 3 is 2.50 bits per heavy atom. The molecule has 6 unspecified atom stereocenters. The summed E-state index contributed by atoms with van der Waals surface area (Å²) in [6, 6.07) is 0. The lowest BCUT2D eigenvalue weighted by molar-refractivity contribution is -0.153. The molecule has 0 radical (unpaired) electrons. The first kappa shape index (κ1) is 12.4. The van der Waals surface area contributed by atoms with Gasteiger partial charge < -0.3 is 9.47 Å². The molecule has 2 rings (SSSR count). The molecule has 2 aliphatic heterocycles. The van der Waals surface area contributed by atoms with Crippen molar-refractivity contribution in [3.8, 4) is 0 Å². The van der Waals surface area contributed by atoms with Crippen LogP contribution in [0.25, 0.3) is 0 Å². The molecule has 0 aromatic carbocycles. The summed E-state index contributed by atoms with van der Waals surface area (Å²) in [6.45, 7) is 9.97. The van der Waals surface area contributed by atoms with Crippen LogP contribution in [0, 0.1) is 17.8 Å². The highest BCUT2D eigenvalue weighted by Crippen LogP contribution is 2.37. The van der Waals surface area contributed by atoms with E-state index in [1.54, 1.807) is 0 Å². The second kappa shape index (κ2) is 5.05. The van der Waals surface area contributed by atoms with Crippen molar-refractivity contribution < 1.29 is 9.47 Å². The van der Waals surface area contributed by atoms with Gasteiger partial charge in [0, 0.05) is 12.5 Å². The zero-order valence-corrected chi connectivity index (χ0v) is 11.1. The van der Waals surface area contributed by atoms with Crippen LogP contribution < -0.4 is 0 Å². The molecular formula is C14H26O2. The monoisotopic (exact) mass is 226 g/mol. The summed E-state index contributed by atoms with van der Waals surface area (Å²) in [7, 11) is 0. The molecule has 94 valence electrons. The van der Waals surface area contributed by atoms with Crippen molar-refractivity contribution in [2.24, 2.45) is 17.8 Å². The summed E-state index contributed by atoms with van der Waals surface area (Å²) in [6.07, 6.45) is 5.02. The normalized spacial score (nSPS) is 50.2. The Morgan fingerprint density at radius 2 is 1.75 bits per heavy atom. The Balaban J connectivity index is 2.02. The molecule has 0 aromatic heterocycles. The van der Waals surface area contributed by atoms with E-state index < -0.39 is 0 Å². The molecule has 0 bridgehead atoms. The molecule has 6 atom stereocenters. The predicted octanol–water partition coefficient (Wildman–Crippen LogP) is 3.25. The van der Waals surface area contributed by atoms with Crippen LogP contribution in [0.5, 0.6) is 0 Å². The molecule has 2 nitrogen and oxygen atoms in total. The Labute approximate surface area is 99.7 Å². The van der Waals surface area contributed by atoms with Gasteiger partial charge in [0.25, 0.3) is 0 Å². The SMILES string of the molecule is CC1COC(C)C(C2OC(C)CCC2C)C1. The summed E-state index contributed by atoms with van der Waals surface area (Å²) >= 11 is 0. The van der Waals surface area contributed by atoms with Gasteiger partial charge in [-0.3, -0.25) is 0 Å². The maximum Gasteiger partial charge on any atom is 0.0657 e. The lowest BCUT2D eigenvalue weighted by Crippen LogP contribution is -2.46. The molecule has 16 heavy (non-hydrogen) atoms. The number of ether oxygens (including phenoxy) is 2. The second-order valence-corrected chi connectivity index (χ2v) is 6.01. The van der Waals surface area contributed by atoms with Crippen molar-refractivity contribution in [3.05, 3.63) is 0 Å². The van der Waals surface area contributed by atoms with Gasteiger partial charge in [0.15, 0.2) is 0 Å². The molecule has 0 saturated carbocycles. The zero-order valence-electron chi connectivity index (χ0n) is 11.1. The topological polar surface area (TPSA) is 18.5 Å². The summed E-state index contributed by atoms with van der Waals surface area (Å²) in [5.41, 5.74) is 0. The van der Waals surface area contributed by atoms with E-state index in [0.717, 1.165) is 6.61 Å². The zero-order chi connectivity index (χ0) is 11.7. The van der Waals surface area contributed by atoms with E-state index in [1.807, 2.05) is 0 Å². The van der Waals surface area contributed by atoms with Crippen molar-refractivity contribution in [3.63, 3.8) is 0 Å². The minimum absolute atomic E-state index is 0.369. The average molecular weight is 226 g/mol. The molecule has 0 amide bonds. The Morgan fingerprint density at radius 1 is 1.00 bits per heavy atom. The van der Waals surface area contributed by atoms with Crippen LogP contribution >= 0.6 is 0 Å². The maximum absolute atomic E-state index is 6.18. The highest BCUT2D eigenvalue weighted by atomic mass is 16.5. The summed E-state index contributed by atoms with van der Waals surface area (Å²) in [5, 5.41) is 0. The Bertz CT molecular complexity index is 205. The van der Waals surface area contributed by atoms with Crippen LogP contribution in [0.15, 0.2) is 0 Å². The van der Waals surface area contributed by atoms with Crippen molar-refractivity contribution in [2.45, 2.75) is 65.3 Å². The molecule has 2 heteroatoms. The van der Waals surface area contributed by atoms with Gasteiger partial charge in [0.05, 0.1) is 18.3 Å². The number of rotatable bonds is 1. The van der Waals surface area contributed by atoms with Crippen LogP contribution in [-0.2, 0) is 9.47 Å². The molecule has 2 fully saturated rings. The maximum atomic E-state index is 6.18. The molecule has 2 saturated heterocycles. The van der Waals surface area contributed by atoms with Crippen LogP contribution in [0.3, 0.4) is 0 Å². The summed E-state index contributed by atoms with van der Waals surface area (Å²) in [4.78, 5) is 0. The lowest BCUT2D eigenvalue weighted by atomic mass is 9.78. The summed E-state index contributed by atoms with van der Waals surface area (Å²) < 4.78 is 12.0. The van der Waals surface area contributed by atoms with E-state index in [4.69, 9.17) is 9.47 Å². The molecule has 0 N–H and O–H groups in total. The minimum Gasteiger partial charge on any atom is -0.378 e. The molecule has 0 aromatic rings. The van der Waals surface area contributed by atoms with Crippen molar-refractivity contribution >= 4 is 0 Å². The lowest BCUT2D eigenvalue weighted by Gasteiger charge is -2.43. The highest BCUT2D eigenvalue weighted by Gasteiger charge is 2.38. The van der Waals surface area contributed by atoms with Crippen LogP contribution in [0.4, 0.5) is 0 Å². The van der Waals surface area contributed by atoms with Gasteiger partial charge in [-0.2, -0.15) is 0 Å². The van der Waals surface area contributed by atoms with Crippen molar-refractivity contribution in [1.82, 2.24) is 0 Å². The second-order valence-electron chi connectivity index (χ2n) is 6.01. The van der Waals surface area contributed by atoms with Gasteiger partial charge in [-0.15, -0.1) is 0 Å². The van der Waals surface area contributed by atoms with Gasteiger partial charge in [-0.1, -0.05) is 13.8 Å². The van der Waals surface area contributed by atoms with Crippen molar-refractivity contribution in [1.29, 1.82) is 0 Å². The summed E-state index contributed by atoms with van der Waals surface area (Å²) in [5.74, 6) is 1.98. The largest absolute Gasteiger partial charge is 0.378 e. The molecule has 2 aliphatic rings. The molecule has 2 heterocycles. The Hall–Kier alpha value is -0.0800. The first-order chi connectivity index (χ1) is 7.58. The first-order valence-electron chi connectivity index (χ1n) is 6.85. The van der Waals surface area contributed by atoms with Gasteiger partial charge in [0.2, 0.25) is 0 Å². The van der Waals surface area contributed by atoms with E-state index >= 15 is 0 Å². The van der Waals surface area contributed by atoms with E-state index in [-0.39, 0.29) is 0 Å². The fraction of sp³-hybridized carbons (Fsp3) is 1.00. The van der Waals surface area contributed by atoms with E-state index in [1.165, 1.54) is 19.3 Å². The van der Waals surface area contributed by atoms with E-state index in [2.05, 4.69) is 27.7 Å². The average Bonchev–Trinajstić information content (AvgIpc) is 2.25. The third-order valence-electron chi connectivity index (χ3n) is 4.32. The fourth-order valence-corrected chi connectivity index (χ4v) is 3.22.